The molecule has 0 saturated carbocycles. The van der Waals surface area contributed by atoms with E-state index in [0.29, 0.717) is 12.1 Å². The smallest absolute Gasteiger partial charge is 0.225 e. The molecule has 0 amide bonds. The van der Waals surface area contributed by atoms with E-state index >= 15 is 0 Å². The molecule has 2 aliphatic rings. The maximum Gasteiger partial charge on any atom is 0.225 e. The van der Waals surface area contributed by atoms with Crippen LogP contribution in [-0.2, 0) is 4.74 Å². The van der Waals surface area contributed by atoms with Gasteiger partial charge in [0.15, 0.2) is 0 Å². The van der Waals surface area contributed by atoms with E-state index in [0.717, 1.165) is 32.3 Å². The zero-order valence-corrected chi connectivity index (χ0v) is 11.3. The summed E-state index contributed by atoms with van der Waals surface area (Å²) < 4.78 is 5.53. The van der Waals surface area contributed by atoms with Gasteiger partial charge >= 0.3 is 0 Å². The lowest BCUT2D eigenvalue weighted by Gasteiger charge is -2.36. The van der Waals surface area contributed by atoms with Gasteiger partial charge in [-0.2, -0.15) is 0 Å². The molecule has 2 fully saturated rings. The lowest BCUT2D eigenvalue weighted by atomic mass is 10.0. The summed E-state index contributed by atoms with van der Waals surface area (Å²) in [5.41, 5.74) is 0. The van der Waals surface area contributed by atoms with Gasteiger partial charge in [0.25, 0.3) is 0 Å². The highest BCUT2D eigenvalue weighted by molar-refractivity contribution is 5.29. The van der Waals surface area contributed by atoms with E-state index in [-0.39, 0.29) is 0 Å². The van der Waals surface area contributed by atoms with Crippen molar-refractivity contribution in [2.24, 2.45) is 0 Å². The minimum Gasteiger partial charge on any atom is -0.380 e. The van der Waals surface area contributed by atoms with Crippen LogP contribution < -0.4 is 10.2 Å². The fourth-order valence-electron chi connectivity index (χ4n) is 2.95. The molecule has 19 heavy (non-hydrogen) atoms. The van der Waals surface area contributed by atoms with Gasteiger partial charge in [-0.15, -0.1) is 0 Å². The molecule has 1 N–H and O–H groups in total. The van der Waals surface area contributed by atoms with Gasteiger partial charge in [0.05, 0.1) is 6.61 Å². The quantitative estimate of drug-likeness (QED) is 0.887. The highest BCUT2D eigenvalue weighted by Gasteiger charge is 2.24. The number of nitrogens with one attached hydrogen (secondary N) is 1. The van der Waals surface area contributed by atoms with Gasteiger partial charge in [-0.1, -0.05) is 0 Å². The monoisotopic (exact) mass is 262 g/mol. The SMILES string of the molecule is c1cnc(N2CCCC(NC3CCCOC3)C2)nc1. The number of anilines is 1. The van der Waals surface area contributed by atoms with Crippen molar-refractivity contribution in [1.29, 1.82) is 0 Å². The van der Waals surface area contributed by atoms with Crippen molar-refractivity contribution in [3.63, 3.8) is 0 Å². The summed E-state index contributed by atoms with van der Waals surface area (Å²) in [6.45, 7) is 3.84. The molecule has 0 aromatic carbocycles. The summed E-state index contributed by atoms with van der Waals surface area (Å²) in [7, 11) is 0. The fraction of sp³-hybridized carbons (Fsp3) is 0.714. The molecule has 2 atom stereocenters. The molecule has 2 unspecified atom stereocenters. The van der Waals surface area contributed by atoms with Crippen LogP contribution in [0.4, 0.5) is 5.95 Å². The predicted octanol–water partition coefficient (Wildman–Crippen LogP) is 1.21. The predicted molar refractivity (Wildman–Crippen MR) is 74.2 cm³/mol. The molecule has 0 aliphatic carbocycles. The van der Waals surface area contributed by atoms with Gasteiger partial charge < -0.3 is 15.0 Å². The van der Waals surface area contributed by atoms with Crippen LogP contribution in [0, 0.1) is 0 Å². The first-order chi connectivity index (χ1) is 9.42. The standard InChI is InChI=1S/C14H22N4O/c1-4-12(17-13-5-2-9-19-11-13)10-18(8-1)14-15-6-3-7-16-14/h3,6-7,12-13,17H,1-2,4-5,8-11H2. The van der Waals surface area contributed by atoms with Crippen molar-refractivity contribution in [3.05, 3.63) is 18.5 Å². The third-order valence-corrected chi connectivity index (χ3v) is 3.89. The summed E-state index contributed by atoms with van der Waals surface area (Å²) in [4.78, 5) is 11.0. The Bertz CT molecular complexity index is 380. The molecule has 104 valence electrons. The molecule has 2 saturated heterocycles. The first-order valence-electron chi connectivity index (χ1n) is 7.27. The van der Waals surface area contributed by atoms with E-state index in [4.69, 9.17) is 4.74 Å². The number of rotatable bonds is 3. The Morgan fingerprint density at radius 1 is 1.16 bits per heavy atom. The lowest BCUT2D eigenvalue weighted by Crippen LogP contribution is -2.51. The minimum atomic E-state index is 0.524. The molecule has 2 aliphatic heterocycles. The normalized spacial score (nSPS) is 28.3. The largest absolute Gasteiger partial charge is 0.380 e. The Hall–Kier alpha value is -1.20. The van der Waals surface area contributed by atoms with Crippen LogP contribution in [0.1, 0.15) is 25.7 Å². The molecule has 1 aromatic rings. The van der Waals surface area contributed by atoms with Crippen molar-refractivity contribution in [1.82, 2.24) is 15.3 Å². The number of piperidine rings is 1. The van der Waals surface area contributed by atoms with Gasteiger partial charge in [0.1, 0.15) is 0 Å². The van der Waals surface area contributed by atoms with E-state index in [1.807, 2.05) is 18.5 Å². The summed E-state index contributed by atoms with van der Waals surface area (Å²) in [5, 5.41) is 3.74. The Balaban J connectivity index is 1.55. The Labute approximate surface area is 114 Å². The average molecular weight is 262 g/mol. The average Bonchev–Trinajstić information content (AvgIpc) is 2.49. The lowest BCUT2D eigenvalue weighted by molar-refractivity contribution is 0.0655. The second-order valence-electron chi connectivity index (χ2n) is 5.41. The van der Waals surface area contributed by atoms with Crippen LogP contribution in [0.2, 0.25) is 0 Å². The molecule has 5 nitrogen and oxygen atoms in total. The van der Waals surface area contributed by atoms with E-state index in [1.165, 1.54) is 25.7 Å². The zero-order valence-electron chi connectivity index (χ0n) is 11.3. The van der Waals surface area contributed by atoms with Crippen LogP contribution in [-0.4, -0.2) is 48.4 Å². The number of hydrogen-bond acceptors (Lipinski definition) is 5. The van der Waals surface area contributed by atoms with Crippen molar-refractivity contribution in [2.45, 2.75) is 37.8 Å². The van der Waals surface area contributed by atoms with E-state index in [1.54, 1.807) is 0 Å². The molecule has 1 aromatic heterocycles. The summed E-state index contributed by atoms with van der Waals surface area (Å²) in [6.07, 6.45) is 8.47. The van der Waals surface area contributed by atoms with Crippen molar-refractivity contribution in [3.8, 4) is 0 Å². The summed E-state index contributed by atoms with van der Waals surface area (Å²) in [5.74, 6) is 0.855. The van der Waals surface area contributed by atoms with Crippen LogP contribution in [0.15, 0.2) is 18.5 Å². The molecular formula is C14H22N4O. The molecule has 5 heteroatoms. The van der Waals surface area contributed by atoms with Gasteiger partial charge in [0.2, 0.25) is 5.95 Å². The van der Waals surface area contributed by atoms with Gasteiger partial charge in [-0.05, 0) is 31.7 Å². The molecule has 3 rings (SSSR count). The Morgan fingerprint density at radius 2 is 2.00 bits per heavy atom. The van der Waals surface area contributed by atoms with Gasteiger partial charge in [-0.3, -0.25) is 0 Å². The maximum atomic E-state index is 5.53. The van der Waals surface area contributed by atoms with E-state index < -0.39 is 0 Å². The molecular weight excluding hydrogens is 240 g/mol. The van der Waals surface area contributed by atoms with Gasteiger partial charge in [0, 0.05) is 44.2 Å². The molecule has 0 spiro atoms. The summed E-state index contributed by atoms with van der Waals surface area (Å²) in [6, 6.07) is 2.92. The highest BCUT2D eigenvalue weighted by Crippen LogP contribution is 2.17. The summed E-state index contributed by atoms with van der Waals surface area (Å²) >= 11 is 0. The minimum absolute atomic E-state index is 0.524. The Kier molecular flexibility index (Phi) is 4.25. The highest BCUT2D eigenvalue weighted by atomic mass is 16.5. The van der Waals surface area contributed by atoms with Crippen LogP contribution in [0.5, 0.6) is 0 Å². The first kappa shape index (κ1) is 12.8. The van der Waals surface area contributed by atoms with Crippen molar-refractivity contribution < 1.29 is 4.74 Å². The van der Waals surface area contributed by atoms with Crippen molar-refractivity contribution >= 4 is 5.95 Å². The molecule has 0 radical (unpaired) electrons. The fourth-order valence-corrected chi connectivity index (χ4v) is 2.95. The first-order valence-corrected chi connectivity index (χ1v) is 7.27. The maximum absolute atomic E-state index is 5.53. The van der Waals surface area contributed by atoms with Crippen LogP contribution in [0.25, 0.3) is 0 Å². The number of aromatic nitrogens is 2. The molecule has 3 heterocycles. The van der Waals surface area contributed by atoms with Crippen molar-refractivity contribution in [2.75, 3.05) is 31.2 Å². The topological polar surface area (TPSA) is 50.3 Å². The number of nitrogens with zero attached hydrogens (tertiary/aromatic N) is 3. The van der Waals surface area contributed by atoms with E-state index in [2.05, 4.69) is 20.2 Å². The number of ether oxygens (including phenoxy) is 1. The Morgan fingerprint density at radius 3 is 2.79 bits per heavy atom. The van der Waals surface area contributed by atoms with Crippen LogP contribution >= 0.6 is 0 Å². The molecule has 0 bridgehead atoms. The van der Waals surface area contributed by atoms with Gasteiger partial charge in [-0.25, -0.2) is 9.97 Å². The second-order valence-corrected chi connectivity index (χ2v) is 5.41. The third kappa shape index (κ3) is 3.42. The van der Waals surface area contributed by atoms with Crippen LogP contribution in [0.3, 0.4) is 0 Å². The third-order valence-electron chi connectivity index (χ3n) is 3.89. The van der Waals surface area contributed by atoms with E-state index in [9.17, 15) is 0 Å². The zero-order chi connectivity index (χ0) is 12.9. The number of hydrogen-bond donors (Lipinski definition) is 1. The second kappa shape index (κ2) is 6.30.